The Morgan fingerprint density at radius 3 is 2.67 bits per heavy atom. The quantitative estimate of drug-likeness (QED) is 0.673. The molecule has 5 heteroatoms. The topological polar surface area (TPSA) is 92.8 Å². The summed E-state index contributed by atoms with van der Waals surface area (Å²) in [7, 11) is 1.40. The fraction of sp³-hybridized carbons (Fsp3) is 0.300. The van der Waals surface area contributed by atoms with Crippen LogP contribution in [0, 0.1) is 0 Å². The van der Waals surface area contributed by atoms with Gasteiger partial charge in [-0.05, 0) is 17.7 Å². The number of carbonyl (C=O) groups is 1. The number of hydrogen-bond acceptors (Lipinski definition) is 4. The van der Waals surface area contributed by atoms with E-state index in [0.717, 1.165) is 5.56 Å². The molecule has 1 aromatic carbocycles. The molecule has 1 rings (SSSR count). The molecule has 0 bridgehead atoms. The molecule has 0 heterocycles. The average molecular weight is 211 g/mol. The molecule has 15 heavy (non-hydrogen) atoms. The van der Waals surface area contributed by atoms with Gasteiger partial charge in [0.2, 0.25) is 0 Å². The number of carboxylic acids is 1. The van der Waals surface area contributed by atoms with Crippen LogP contribution >= 0.6 is 0 Å². The second kappa shape index (κ2) is 4.65. The van der Waals surface area contributed by atoms with Crippen LogP contribution in [-0.4, -0.2) is 23.3 Å². The van der Waals surface area contributed by atoms with Gasteiger partial charge in [-0.1, -0.05) is 0 Å². The molecule has 1 aromatic rings. The lowest BCUT2D eigenvalue weighted by molar-refractivity contribution is -0.136. The van der Waals surface area contributed by atoms with E-state index in [1.165, 1.54) is 7.11 Å². The lowest BCUT2D eigenvalue weighted by Gasteiger charge is -2.09. The molecule has 0 saturated carbocycles. The van der Waals surface area contributed by atoms with Crippen molar-refractivity contribution in [2.75, 3.05) is 7.11 Å². The molecule has 0 radical (unpaired) electrons. The van der Waals surface area contributed by atoms with E-state index in [4.69, 9.17) is 15.6 Å². The maximum atomic E-state index is 10.5. The number of hydrogen-bond donors (Lipinski definition) is 3. The first kappa shape index (κ1) is 11.3. The molecule has 0 aliphatic rings. The summed E-state index contributed by atoms with van der Waals surface area (Å²) in [6.45, 7) is 0.267. The zero-order chi connectivity index (χ0) is 11.4. The fourth-order valence-electron chi connectivity index (χ4n) is 1.30. The van der Waals surface area contributed by atoms with E-state index in [-0.39, 0.29) is 24.5 Å². The molecule has 0 fully saturated rings. The molecular weight excluding hydrogens is 198 g/mol. The highest BCUT2D eigenvalue weighted by molar-refractivity contribution is 5.72. The number of aliphatic carboxylic acids is 1. The standard InChI is InChI=1S/C10H13NO4/c1-15-8-3-6(5-11)2-7(10(8)14)4-9(12)13/h2-3,14H,4-5,11H2,1H3,(H,12,13). The van der Waals surface area contributed by atoms with Gasteiger partial charge in [0, 0.05) is 12.1 Å². The third kappa shape index (κ3) is 2.60. The first-order valence-electron chi connectivity index (χ1n) is 4.39. The van der Waals surface area contributed by atoms with Gasteiger partial charge in [-0.3, -0.25) is 4.79 Å². The number of phenols is 1. The van der Waals surface area contributed by atoms with Crippen LogP contribution in [0.1, 0.15) is 11.1 Å². The van der Waals surface area contributed by atoms with Crippen LogP contribution in [0.5, 0.6) is 11.5 Å². The normalized spacial score (nSPS) is 10.0. The van der Waals surface area contributed by atoms with Crippen LogP contribution in [0.4, 0.5) is 0 Å². The Hall–Kier alpha value is -1.75. The largest absolute Gasteiger partial charge is 0.504 e. The van der Waals surface area contributed by atoms with Crippen molar-refractivity contribution >= 4 is 5.97 Å². The van der Waals surface area contributed by atoms with Crippen molar-refractivity contribution in [3.63, 3.8) is 0 Å². The van der Waals surface area contributed by atoms with Gasteiger partial charge in [0.25, 0.3) is 0 Å². The summed E-state index contributed by atoms with van der Waals surface area (Å²) < 4.78 is 4.91. The monoisotopic (exact) mass is 211 g/mol. The Balaban J connectivity index is 3.17. The predicted octanol–water partition coefficient (Wildman–Crippen LogP) is 0.487. The van der Waals surface area contributed by atoms with Crippen molar-refractivity contribution in [3.8, 4) is 11.5 Å². The third-order valence-electron chi connectivity index (χ3n) is 2.01. The van der Waals surface area contributed by atoms with Crippen LogP contribution < -0.4 is 10.5 Å². The molecule has 0 saturated heterocycles. The Labute approximate surface area is 87.1 Å². The second-order valence-electron chi connectivity index (χ2n) is 3.08. The molecule has 82 valence electrons. The van der Waals surface area contributed by atoms with Crippen LogP contribution in [0.3, 0.4) is 0 Å². The number of benzene rings is 1. The van der Waals surface area contributed by atoms with Gasteiger partial charge in [0.1, 0.15) is 0 Å². The summed E-state index contributed by atoms with van der Waals surface area (Å²) in [5.74, 6) is -0.909. The number of nitrogens with two attached hydrogens (primary N) is 1. The summed E-state index contributed by atoms with van der Waals surface area (Å²) in [4.78, 5) is 10.5. The summed E-state index contributed by atoms with van der Waals surface area (Å²) >= 11 is 0. The van der Waals surface area contributed by atoms with Crippen molar-refractivity contribution in [2.45, 2.75) is 13.0 Å². The van der Waals surface area contributed by atoms with Crippen LogP contribution in [0.25, 0.3) is 0 Å². The summed E-state index contributed by atoms with van der Waals surface area (Å²) in [6, 6.07) is 3.15. The Kier molecular flexibility index (Phi) is 3.51. The van der Waals surface area contributed by atoms with Crippen molar-refractivity contribution in [1.82, 2.24) is 0 Å². The van der Waals surface area contributed by atoms with Gasteiger partial charge in [0.15, 0.2) is 11.5 Å². The van der Waals surface area contributed by atoms with E-state index in [1.54, 1.807) is 12.1 Å². The first-order valence-corrected chi connectivity index (χ1v) is 4.39. The van der Waals surface area contributed by atoms with Gasteiger partial charge in [-0.15, -0.1) is 0 Å². The Morgan fingerprint density at radius 1 is 1.53 bits per heavy atom. The highest BCUT2D eigenvalue weighted by Crippen LogP contribution is 2.31. The van der Waals surface area contributed by atoms with E-state index >= 15 is 0 Å². The van der Waals surface area contributed by atoms with Crippen LogP contribution in [0.15, 0.2) is 12.1 Å². The third-order valence-corrected chi connectivity index (χ3v) is 2.01. The van der Waals surface area contributed by atoms with E-state index in [1.807, 2.05) is 0 Å². The predicted molar refractivity (Wildman–Crippen MR) is 53.9 cm³/mol. The number of phenolic OH excluding ortho intramolecular Hbond substituents is 1. The maximum absolute atomic E-state index is 10.5. The van der Waals surface area contributed by atoms with Gasteiger partial charge in [-0.2, -0.15) is 0 Å². The zero-order valence-corrected chi connectivity index (χ0v) is 8.36. The molecule has 0 amide bonds. The molecule has 0 aromatic heterocycles. The number of rotatable bonds is 4. The number of methoxy groups -OCH3 is 1. The van der Waals surface area contributed by atoms with Crippen molar-refractivity contribution < 1.29 is 19.7 Å². The summed E-state index contributed by atoms with van der Waals surface area (Å²) in [6.07, 6.45) is -0.254. The number of ether oxygens (including phenoxy) is 1. The van der Waals surface area contributed by atoms with Gasteiger partial charge in [0.05, 0.1) is 13.5 Å². The molecular formula is C10H13NO4. The fourth-order valence-corrected chi connectivity index (χ4v) is 1.30. The van der Waals surface area contributed by atoms with E-state index in [9.17, 15) is 9.90 Å². The van der Waals surface area contributed by atoms with E-state index < -0.39 is 5.97 Å². The van der Waals surface area contributed by atoms with Crippen LogP contribution in [0.2, 0.25) is 0 Å². The molecule has 0 aliphatic heterocycles. The molecule has 4 N–H and O–H groups in total. The minimum Gasteiger partial charge on any atom is -0.504 e. The van der Waals surface area contributed by atoms with Gasteiger partial charge < -0.3 is 20.7 Å². The highest BCUT2D eigenvalue weighted by atomic mass is 16.5. The Bertz CT molecular complexity index is 376. The summed E-state index contributed by atoms with van der Waals surface area (Å²) in [5.41, 5.74) is 6.47. The van der Waals surface area contributed by atoms with Crippen LogP contribution in [-0.2, 0) is 17.8 Å². The average Bonchev–Trinajstić information content (AvgIpc) is 2.20. The molecule has 0 atom stereocenters. The van der Waals surface area contributed by atoms with Gasteiger partial charge >= 0.3 is 5.97 Å². The van der Waals surface area contributed by atoms with E-state index in [2.05, 4.69) is 0 Å². The highest BCUT2D eigenvalue weighted by Gasteiger charge is 2.12. The lowest BCUT2D eigenvalue weighted by Crippen LogP contribution is -2.04. The summed E-state index contributed by atoms with van der Waals surface area (Å²) in [5, 5.41) is 18.3. The minimum absolute atomic E-state index is 0.142. The second-order valence-corrected chi connectivity index (χ2v) is 3.08. The molecule has 0 aliphatic carbocycles. The maximum Gasteiger partial charge on any atom is 0.307 e. The zero-order valence-electron chi connectivity index (χ0n) is 8.36. The van der Waals surface area contributed by atoms with Crippen molar-refractivity contribution in [1.29, 1.82) is 0 Å². The minimum atomic E-state index is -1.01. The Morgan fingerprint density at radius 2 is 2.20 bits per heavy atom. The molecule has 0 unspecified atom stereocenters. The van der Waals surface area contributed by atoms with Crippen molar-refractivity contribution in [3.05, 3.63) is 23.3 Å². The molecule has 5 nitrogen and oxygen atoms in total. The SMILES string of the molecule is COc1cc(CN)cc(CC(=O)O)c1O. The molecule has 0 spiro atoms. The smallest absolute Gasteiger partial charge is 0.307 e. The van der Waals surface area contributed by atoms with Gasteiger partial charge in [-0.25, -0.2) is 0 Å². The number of carboxylic acid groups (broad SMARTS) is 1. The number of aromatic hydroxyl groups is 1. The first-order chi connectivity index (χ1) is 7.08. The lowest BCUT2D eigenvalue weighted by atomic mass is 10.1. The van der Waals surface area contributed by atoms with Crippen molar-refractivity contribution in [2.24, 2.45) is 5.73 Å². The van der Waals surface area contributed by atoms with E-state index in [0.29, 0.717) is 5.56 Å².